The molecule has 1 unspecified atom stereocenters. The Balaban J connectivity index is 1.69. The number of nitrogens with zero attached hydrogens (tertiary/aromatic N) is 3. The van der Waals surface area contributed by atoms with Crippen LogP contribution in [0.25, 0.3) is 43.6 Å². The molecule has 0 spiro atoms. The van der Waals surface area contributed by atoms with Crippen molar-refractivity contribution in [1.82, 2.24) is 19.4 Å². The molecule has 0 aliphatic carbocycles. The molecule has 1 aliphatic rings. The number of rotatable bonds is 6. The minimum Gasteiger partial charge on any atom is -0.390 e. The number of carbonyl (C=O) groups excluding carboxylic acids is 1. The molecule has 2 N–H and O–H groups in total. The molecule has 1 atom stereocenters. The fourth-order valence-corrected chi connectivity index (χ4v) is 6.46. The van der Waals surface area contributed by atoms with Crippen LogP contribution in [0.15, 0.2) is 48.5 Å². The molecule has 1 amide bonds. The molecule has 0 saturated heterocycles. The number of aryl methyl sites for hydroxylation is 1. The Morgan fingerprint density at radius 3 is 2.19 bits per heavy atom. The average Bonchev–Trinajstić information content (AvgIpc) is 3.48. The molecule has 0 radical (unpaired) electrons. The monoisotopic (exact) mass is 482 g/mol. The molecule has 186 valence electrons. The van der Waals surface area contributed by atoms with E-state index in [4.69, 9.17) is 0 Å². The van der Waals surface area contributed by atoms with Crippen LogP contribution in [0.4, 0.5) is 0 Å². The first kappa shape index (κ1) is 23.1. The lowest BCUT2D eigenvalue weighted by Gasteiger charge is -2.32. The standard InChI is InChI=1S/C30H34N4O2/c1-17(2)33(18(3)4)15-19(35)16-34-24-13-9-7-11-21(24)26-27-22(14-31-30(27)36)25-20-10-6-8-12-23(20)32(5)28(25)29(26)34/h6-13,17-19,35H,14-16H2,1-5H3,(H,31,36). The third kappa shape index (κ3) is 3.21. The van der Waals surface area contributed by atoms with Gasteiger partial charge in [0.15, 0.2) is 0 Å². The summed E-state index contributed by atoms with van der Waals surface area (Å²) in [6.45, 7) is 10.3. The lowest BCUT2D eigenvalue weighted by molar-refractivity contribution is 0.0669. The van der Waals surface area contributed by atoms with E-state index in [1.165, 1.54) is 0 Å². The molecule has 5 aromatic rings. The molecule has 3 aromatic carbocycles. The summed E-state index contributed by atoms with van der Waals surface area (Å²) in [5.41, 5.74) is 6.20. The van der Waals surface area contributed by atoms with Crippen LogP contribution < -0.4 is 5.32 Å². The Labute approximate surface area is 211 Å². The highest BCUT2D eigenvalue weighted by atomic mass is 16.3. The van der Waals surface area contributed by atoms with Crippen LogP contribution in [0.5, 0.6) is 0 Å². The van der Waals surface area contributed by atoms with Gasteiger partial charge in [0.05, 0.1) is 29.2 Å². The van der Waals surface area contributed by atoms with E-state index in [1.54, 1.807) is 0 Å². The van der Waals surface area contributed by atoms with E-state index in [0.717, 1.165) is 54.7 Å². The zero-order valence-corrected chi connectivity index (χ0v) is 21.7. The van der Waals surface area contributed by atoms with Gasteiger partial charge in [0.2, 0.25) is 0 Å². The molecule has 6 heteroatoms. The number of aliphatic hydroxyl groups excluding tert-OH is 1. The van der Waals surface area contributed by atoms with Gasteiger partial charge in [0.25, 0.3) is 5.91 Å². The molecule has 0 bridgehead atoms. The minimum atomic E-state index is -0.555. The number of fused-ring (bicyclic) bond motifs is 10. The van der Waals surface area contributed by atoms with Gasteiger partial charge in [0.1, 0.15) is 0 Å². The maximum absolute atomic E-state index is 13.3. The third-order valence-corrected chi connectivity index (χ3v) is 7.95. The number of nitrogens with one attached hydrogen (secondary N) is 1. The molecule has 0 saturated carbocycles. The van der Waals surface area contributed by atoms with Crippen molar-refractivity contribution in [3.63, 3.8) is 0 Å². The van der Waals surface area contributed by atoms with Crippen molar-refractivity contribution in [1.29, 1.82) is 0 Å². The number of hydrogen-bond acceptors (Lipinski definition) is 3. The number of aromatic nitrogens is 2. The Hall–Kier alpha value is -3.35. The lowest BCUT2D eigenvalue weighted by Crippen LogP contribution is -2.43. The van der Waals surface area contributed by atoms with Gasteiger partial charge >= 0.3 is 0 Å². The highest BCUT2D eigenvalue weighted by molar-refractivity contribution is 6.30. The topological polar surface area (TPSA) is 62.4 Å². The van der Waals surface area contributed by atoms with E-state index in [-0.39, 0.29) is 5.91 Å². The maximum Gasteiger partial charge on any atom is 0.252 e. The Bertz CT molecular complexity index is 1650. The van der Waals surface area contributed by atoms with Gasteiger partial charge in [-0.25, -0.2) is 0 Å². The SMILES string of the molecule is CC(C)N(CC(O)Cn1c2ccccc2c2c3c(c4c5ccccc5n(C)c4c21)CNC3=O)C(C)C. The van der Waals surface area contributed by atoms with Crippen LogP contribution in [-0.2, 0) is 20.1 Å². The predicted octanol–water partition coefficient (Wildman–Crippen LogP) is 5.16. The van der Waals surface area contributed by atoms with Crippen LogP contribution in [0.2, 0.25) is 0 Å². The Kier molecular flexibility index (Phi) is 5.36. The van der Waals surface area contributed by atoms with Crippen molar-refractivity contribution in [3.05, 3.63) is 59.7 Å². The first-order valence-electron chi connectivity index (χ1n) is 12.9. The summed E-state index contributed by atoms with van der Waals surface area (Å²) in [6.07, 6.45) is -0.555. The van der Waals surface area contributed by atoms with Crippen LogP contribution in [0.3, 0.4) is 0 Å². The largest absolute Gasteiger partial charge is 0.390 e. The summed E-state index contributed by atoms with van der Waals surface area (Å²) in [7, 11) is 2.11. The smallest absolute Gasteiger partial charge is 0.252 e. The van der Waals surface area contributed by atoms with Crippen molar-refractivity contribution >= 4 is 49.5 Å². The number of carbonyl (C=O) groups is 1. The van der Waals surface area contributed by atoms with Gasteiger partial charge in [0, 0.05) is 64.8 Å². The number of aliphatic hydroxyl groups is 1. The predicted molar refractivity (Wildman–Crippen MR) is 148 cm³/mol. The molecule has 1 aliphatic heterocycles. The van der Waals surface area contributed by atoms with Gasteiger partial charge in [-0.15, -0.1) is 0 Å². The number of hydrogen-bond donors (Lipinski definition) is 2. The molecule has 36 heavy (non-hydrogen) atoms. The van der Waals surface area contributed by atoms with Gasteiger partial charge in [-0.3, -0.25) is 9.69 Å². The second kappa shape index (κ2) is 8.36. The van der Waals surface area contributed by atoms with Crippen molar-refractivity contribution < 1.29 is 9.90 Å². The minimum absolute atomic E-state index is 0.0147. The summed E-state index contributed by atoms with van der Waals surface area (Å²) in [6, 6.07) is 17.4. The molecule has 3 heterocycles. The first-order chi connectivity index (χ1) is 17.3. The van der Waals surface area contributed by atoms with E-state index < -0.39 is 6.10 Å². The maximum atomic E-state index is 13.3. The van der Waals surface area contributed by atoms with E-state index in [9.17, 15) is 9.90 Å². The normalized spacial score (nSPS) is 14.9. The summed E-state index contributed by atoms with van der Waals surface area (Å²) in [5, 5.41) is 18.8. The number of amides is 1. The van der Waals surface area contributed by atoms with Crippen LogP contribution >= 0.6 is 0 Å². The van der Waals surface area contributed by atoms with Crippen molar-refractivity contribution in [2.24, 2.45) is 7.05 Å². The Morgan fingerprint density at radius 1 is 0.917 bits per heavy atom. The zero-order valence-electron chi connectivity index (χ0n) is 21.7. The van der Waals surface area contributed by atoms with Gasteiger partial charge in [-0.05, 0) is 45.4 Å². The summed E-state index contributed by atoms with van der Waals surface area (Å²) in [4.78, 5) is 15.6. The summed E-state index contributed by atoms with van der Waals surface area (Å²) >= 11 is 0. The molecule has 0 fully saturated rings. The third-order valence-electron chi connectivity index (χ3n) is 7.95. The Morgan fingerprint density at radius 2 is 1.53 bits per heavy atom. The van der Waals surface area contributed by atoms with E-state index in [2.05, 4.69) is 90.5 Å². The second-order valence-electron chi connectivity index (χ2n) is 10.7. The fraction of sp³-hybridized carbons (Fsp3) is 0.367. The van der Waals surface area contributed by atoms with Crippen molar-refractivity contribution in [3.8, 4) is 0 Å². The second-order valence-corrected chi connectivity index (χ2v) is 10.7. The summed E-state index contributed by atoms with van der Waals surface area (Å²) in [5.74, 6) is -0.0147. The zero-order chi connectivity index (χ0) is 25.3. The van der Waals surface area contributed by atoms with Crippen molar-refractivity contribution in [2.45, 2.75) is 59.0 Å². The number of benzene rings is 3. The fourth-order valence-electron chi connectivity index (χ4n) is 6.46. The van der Waals surface area contributed by atoms with Crippen LogP contribution in [-0.4, -0.2) is 49.8 Å². The summed E-state index contributed by atoms with van der Waals surface area (Å²) < 4.78 is 4.51. The highest BCUT2D eigenvalue weighted by Crippen LogP contribution is 2.44. The highest BCUT2D eigenvalue weighted by Gasteiger charge is 2.32. The molecule has 6 rings (SSSR count). The van der Waals surface area contributed by atoms with E-state index in [0.29, 0.717) is 31.7 Å². The van der Waals surface area contributed by atoms with Gasteiger partial charge in [-0.2, -0.15) is 0 Å². The van der Waals surface area contributed by atoms with Crippen molar-refractivity contribution in [2.75, 3.05) is 6.54 Å². The lowest BCUT2D eigenvalue weighted by atomic mass is 9.97. The van der Waals surface area contributed by atoms with Gasteiger partial charge in [-0.1, -0.05) is 36.4 Å². The van der Waals surface area contributed by atoms with E-state index in [1.807, 2.05) is 12.1 Å². The van der Waals surface area contributed by atoms with E-state index >= 15 is 0 Å². The molecular weight excluding hydrogens is 448 g/mol. The molecular formula is C30H34N4O2. The van der Waals surface area contributed by atoms with Crippen LogP contribution in [0.1, 0.15) is 43.6 Å². The number of para-hydroxylation sites is 2. The average molecular weight is 483 g/mol. The van der Waals surface area contributed by atoms with Crippen LogP contribution in [0, 0.1) is 0 Å². The van der Waals surface area contributed by atoms with Gasteiger partial charge < -0.3 is 19.6 Å². The molecule has 6 nitrogen and oxygen atoms in total. The quantitative estimate of drug-likeness (QED) is 0.351. The first-order valence-corrected chi connectivity index (χ1v) is 12.9. The molecule has 2 aromatic heterocycles.